The second-order valence-electron chi connectivity index (χ2n) is 8.14. The Morgan fingerprint density at radius 1 is 1.09 bits per heavy atom. The summed E-state index contributed by atoms with van der Waals surface area (Å²) in [7, 11) is 0. The van der Waals surface area contributed by atoms with Crippen LogP contribution in [0.4, 0.5) is 0 Å². The molecule has 3 rings (SSSR count). The molecule has 0 spiro atoms. The zero-order valence-electron chi connectivity index (χ0n) is 18.9. The molecule has 7 heteroatoms. The second-order valence-corrected chi connectivity index (χ2v) is 8.14. The van der Waals surface area contributed by atoms with Crippen LogP contribution in [0.1, 0.15) is 43.9 Å². The van der Waals surface area contributed by atoms with Gasteiger partial charge in [0.15, 0.2) is 0 Å². The van der Waals surface area contributed by atoms with Crippen molar-refractivity contribution >= 4 is 11.8 Å². The van der Waals surface area contributed by atoms with E-state index in [1.807, 2.05) is 42.5 Å². The van der Waals surface area contributed by atoms with Gasteiger partial charge in [0.1, 0.15) is 12.4 Å². The van der Waals surface area contributed by atoms with E-state index in [1.165, 1.54) is 0 Å². The molecule has 2 heterocycles. The lowest BCUT2D eigenvalue weighted by atomic mass is 10.2. The van der Waals surface area contributed by atoms with Gasteiger partial charge in [0, 0.05) is 19.7 Å². The number of benzene rings is 1. The summed E-state index contributed by atoms with van der Waals surface area (Å²) in [5.41, 5.74) is 1.01. The van der Waals surface area contributed by atoms with Crippen LogP contribution in [0.25, 0.3) is 0 Å². The number of unbranched alkanes of at least 4 members (excludes halogenated alkanes) is 1. The number of rotatable bonds is 13. The lowest BCUT2D eigenvalue weighted by molar-refractivity contribution is -0.144. The van der Waals surface area contributed by atoms with Crippen LogP contribution in [-0.2, 0) is 32.2 Å². The van der Waals surface area contributed by atoms with E-state index in [-0.39, 0.29) is 31.1 Å². The molecule has 1 atom stereocenters. The minimum atomic E-state index is -0.169. The number of hydrogen-bond acceptors (Lipinski definition) is 5. The van der Waals surface area contributed by atoms with Gasteiger partial charge in [-0.25, -0.2) is 0 Å². The summed E-state index contributed by atoms with van der Waals surface area (Å²) in [4.78, 5) is 29.4. The molecular formula is C25H34N2O5. The maximum absolute atomic E-state index is 13.2. The Balaban J connectivity index is 1.58. The Morgan fingerprint density at radius 3 is 2.62 bits per heavy atom. The summed E-state index contributed by atoms with van der Waals surface area (Å²) < 4.78 is 16.8. The van der Waals surface area contributed by atoms with Crippen LogP contribution in [0, 0.1) is 0 Å². The van der Waals surface area contributed by atoms with E-state index in [9.17, 15) is 9.59 Å². The van der Waals surface area contributed by atoms with E-state index >= 15 is 0 Å². The zero-order valence-corrected chi connectivity index (χ0v) is 18.9. The van der Waals surface area contributed by atoms with Crippen LogP contribution in [0.2, 0.25) is 0 Å². The Hall–Kier alpha value is -2.64. The molecule has 1 fully saturated rings. The summed E-state index contributed by atoms with van der Waals surface area (Å²) >= 11 is 0. The average molecular weight is 443 g/mol. The maximum Gasteiger partial charge on any atom is 0.249 e. The SMILES string of the molecule is CCCCN(CC(=O)N(Cc1ccco1)C[C@H]1CCCO1)C(=O)COCc1ccccc1. The highest BCUT2D eigenvalue weighted by atomic mass is 16.5. The number of nitrogens with zero attached hydrogens (tertiary/aromatic N) is 2. The van der Waals surface area contributed by atoms with E-state index in [4.69, 9.17) is 13.9 Å². The number of furan rings is 1. The van der Waals surface area contributed by atoms with E-state index in [1.54, 1.807) is 16.1 Å². The van der Waals surface area contributed by atoms with Crippen molar-refractivity contribution in [2.45, 2.75) is 51.9 Å². The monoisotopic (exact) mass is 442 g/mol. The standard InChI is InChI=1S/C25H34N2O5/c1-2-3-13-26(25(29)20-30-19-21-9-5-4-6-10-21)18-24(28)27(16-22-11-7-14-31-22)17-23-12-8-15-32-23/h4-7,9-11,14,23H,2-3,8,12-13,15-20H2,1H3/t23-/m1/s1. The van der Waals surface area contributed by atoms with Gasteiger partial charge in [0.25, 0.3) is 0 Å². The van der Waals surface area contributed by atoms with Crippen molar-refractivity contribution in [3.05, 3.63) is 60.1 Å². The third kappa shape index (κ3) is 7.80. The van der Waals surface area contributed by atoms with Crippen molar-refractivity contribution in [2.75, 3.05) is 32.8 Å². The van der Waals surface area contributed by atoms with Crippen LogP contribution >= 0.6 is 0 Å². The van der Waals surface area contributed by atoms with E-state index in [2.05, 4.69) is 6.92 Å². The quantitative estimate of drug-likeness (QED) is 0.474. The normalized spacial score (nSPS) is 15.6. The van der Waals surface area contributed by atoms with Crippen LogP contribution in [0.5, 0.6) is 0 Å². The number of carbonyl (C=O) groups excluding carboxylic acids is 2. The maximum atomic E-state index is 13.2. The molecule has 2 amide bonds. The minimum absolute atomic E-state index is 0.0287. The first kappa shape index (κ1) is 24.0. The highest BCUT2D eigenvalue weighted by molar-refractivity contribution is 5.85. The predicted octanol–water partition coefficient (Wildman–Crippen LogP) is 3.63. The zero-order chi connectivity index (χ0) is 22.6. The van der Waals surface area contributed by atoms with Gasteiger partial charge in [0.05, 0.1) is 32.1 Å². The topological polar surface area (TPSA) is 72.2 Å². The number of hydrogen-bond donors (Lipinski definition) is 0. The second kappa shape index (κ2) is 13.0. The van der Waals surface area contributed by atoms with Crippen molar-refractivity contribution in [1.29, 1.82) is 0 Å². The van der Waals surface area contributed by atoms with Gasteiger partial charge < -0.3 is 23.7 Å². The van der Waals surface area contributed by atoms with E-state index in [0.717, 1.165) is 37.9 Å². The molecule has 1 aliphatic rings. The fraction of sp³-hybridized carbons (Fsp3) is 0.520. The van der Waals surface area contributed by atoms with E-state index < -0.39 is 0 Å². The Bertz CT molecular complexity index is 803. The minimum Gasteiger partial charge on any atom is -0.467 e. The smallest absolute Gasteiger partial charge is 0.249 e. The molecule has 0 saturated carbocycles. The first-order chi connectivity index (χ1) is 15.7. The largest absolute Gasteiger partial charge is 0.467 e. The molecule has 0 radical (unpaired) electrons. The van der Waals surface area contributed by atoms with Gasteiger partial charge in [-0.1, -0.05) is 43.7 Å². The van der Waals surface area contributed by atoms with Crippen molar-refractivity contribution in [3.63, 3.8) is 0 Å². The Kier molecular flexibility index (Phi) is 9.78. The summed E-state index contributed by atoms with van der Waals surface area (Å²) in [5.74, 6) is 0.441. The molecule has 1 aromatic carbocycles. The first-order valence-electron chi connectivity index (χ1n) is 11.5. The molecule has 0 bridgehead atoms. The van der Waals surface area contributed by atoms with Crippen LogP contribution in [0.15, 0.2) is 53.1 Å². The van der Waals surface area contributed by atoms with Gasteiger partial charge in [0.2, 0.25) is 11.8 Å². The van der Waals surface area contributed by atoms with Gasteiger partial charge in [-0.3, -0.25) is 9.59 Å². The van der Waals surface area contributed by atoms with Gasteiger partial charge in [-0.2, -0.15) is 0 Å². The van der Waals surface area contributed by atoms with Crippen LogP contribution < -0.4 is 0 Å². The van der Waals surface area contributed by atoms with Crippen LogP contribution in [0.3, 0.4) is 0 Å². The van der Waals surface area contributed by atoms with Crippen molar-refractivity contribution in [3.8, 4) is 0 Å². The average Bonchev–Trinajstić information content (AvgIpc) is 3.51. The lowest BCUT2D eigenvalue weighted by Crippen LogP contribution is -2.46. The number of carbonyl (C=O) groups is 2. The first-order valence-corrected chi connectivity index (χ1v) is 11.5. The number of ether oxygens (including phenoxy) is 2. The molecule has 1 saturated heterocycles. The molecular weight excluding hydrogens is 408 g/mol. The molecule has 0 aliphatic carbocycles. The van der Waals surface area contributed by atoms with Crippen LogP contribution in [-0.4, -0.2) is 60.6 Å². The molecule has 1 aromatic heterocycles. The fourth-order valence-corrected chi connectivity index (χ4v) is 3.71. The summed E-state index contributed by atoms with van der Waals surface area (Å²) in [6.07, 6.45) is 5.35. The molecule has 2 aromatic rings. The van der Waals surface area contributed by atoms with Gasteiger partial charge >= 0.3 is 0 Å². The van der Waals surface area contributed by atoms with Gasteiger partial charge in [-0.05, 0) is 37.0 Å². The highest BCUT2D eigenvalue weighted by Crippen LogP contribution is 2.16. The molecule has 1 aliphatic heterocycles. The third-order valence-corrected chi connectivity index (χ3v) is 5.53. The predicted molar refractivity (Wildman–Crippen MR) is 121 cm³/mol. The molecule has 32 heavy (non-hydrogen) atoms. The van der Waals surface area contributed by atoms with Crippen molar-refractivity contribution in [1.82, 2.24) is 9.80 Å². The van der Waals surface area contributed by atoms with Crippen molar-refractivity contribution < 1.29 is 23.5 Å². The summed E-state index contributed by atoms with van der Waals surface area (Å²) in [5, 5.41) is 0. The summed E-state index contributed by atoms with van der Waals surface area (Å²) in [6.45, 7) is 4.54. The molecule has 7 nitrogen and oxygen atoms in total. The Labute approximate surface area is 190 Å². The molecule has 0 unspecified atom stereocenters. The Morgan fingerprint density at radius 2 is 1.94 bits per heavy atom. The van der Waals surface area contributed by atoms with Gasteiger partial charge in [-0.15, -0.1) is 0 Å². The molecule has 0 N–H and O–H groups in total. The third-order valence-electron chi connectivity index (χ3n) is 5.53. The number of amides is 2. The highest BCUT2D eigenvalue weighted by Gasteiger charge is 2.26. The van der Waals surface area contributed by atoms with Crippen molar-refractivity contribution in [2.24, 2.45) is 0 Å². The summed E-state index contributed by atoms with van der Waals surface area (Å²) in [6, 6.07) is 13.4. The fourth-order valence-electron chi connectivity index (χ4n) is 3.71. The van der Waals surface area contributed by atoms with E-state index in [0.29, 0.717) is 32.0 Å². The lowest BCUT2D eigenvalue weighted by Gasteiger charge is -2.28. The molecule has 174 valence electrons.